The largest absolute Gasteiger partial charge is 0.477 e. The van der Waals surface area contributed by atoms with Gasteiger partial charge in [-0.25, -0.2) is 22.9 Å². The third-order valence-electron chi connectivity index (χ3n) is 2.76. The number of carbonyl (C=O) groups is 1. The lowest BCUT2D eigenvalue weighted by molar-refractivity contribution is 0.0702. The number of aryl methyl sites for hydroxylation is 1. The van der Waals surface area contributed by atoms with Crippen LogP contribution in [-0.4, -0.2) is 56.7 Å². The Morgan fingerprint density at radius 2 is 2.17 bits per heavy atom. The zero-order chi connectivity index (χ0) is 16.9. The summed E-state index contributed by atoms with van der Waals surface area (Å²) in [5.41, 5.74) is 0. The highest BCUT2D eigenvalue weighted by Crippen LogP contribution is 2.29. The van der Waals surface area contributed by atoms with Crippen molar-refractivity contribution < 1.29 is 18.3 Å². The quantitative estimate of drug-likeness (QED) is 0.641. The van der Waals surface area contributed by atoms with E-state index in [-0.39, 0.29) is 10.6 Å². The number of hydrogen-bond acceptors (Lipinski definition) is 9. The van der Waals surface area contributed by atoms with E-state index < -0.39 is 15.8 Å². The first kappa shape index (κ1) is 17.8. The van der Waals surface area contributed by atoms with Crippen LogP contribution in [0.15, 0.2) is 15.7 Å². The monoisotopic (exact) mass is 377 g/mol. The van der Waals surface area contributed by atoms with Crippen LogP contribution in [0, 0.1) is 0 Å². The van der Waals surface area contributed by atoms with Gasteiger partial charge >= 0.3 is 5.97 Å². The lowest BCUT2D eigenvalue weighted by atomic mass is 10.2. The van der Waals surface area contributed by atoms with Crippen molar-refractivity contribution in [2.75, 3.05) is 12.0 Å². The number of carboxylic acids is 1. The number of tetrazole rings is 1. The summed E-state index contributed by atoms with van der Waals surface area (Å²) in [6, 6.07) is 0. The Morgan fingerprint density at radius 3 is 2.83 bits per heavy atom. The number of sulfone groups is 1. The van der Waals surface area contributed by atoms with E-state index in [0.29, 0.717) is 22.5 Å². The molecule has 9 nitrogen and oxygen atoms in total. The highest BCUT2D eigenvalue weighted by Gasteiger charge is 2.13. The van der Waals surface area contributed by atoms with Crippen molar-refractivity contribution in [2.45, 2.75) is 35.3 Å². The Labute approximate surface area is 141 Å². The molecule has 0 amide bonds. The van der Waals surface area contributed by atoms with Crippen molar-refractivity contribution in [3.8, 4) is 0 Å². The maximum absolute atomic E-state index is 11.0. The minimum Gasteiger partial charge on any atom is -0.477 e. The van der Waals surface area contributed by atoms with E-state index in [1.165, 1.54) is 24.2 Å². The van der Waals surface area contributed by atoms with Crippen molar-refractivity contribution in [1.82, 2.24) is 25.2 Å². The topological polar surface area (TPSA) is 128 Å². The molecule has 0 aliphatic heterocycles. The molecule has 1 N–H and O–H groups in total. The number of unbranched alkanes of at least 4 members (excludes halogenated alkanes) is 2. The van der Waals surface area contributed by atoms with Crippen LogP contribution in [0.25, 0.3) is 0 Å². The Hall–Kier alpha value is -1.53. The second-order valence-electron chi connectivity index (χ2n) is 4.77. The molecule has 0 atom stereocenters. The molecule has 0 aliphatic carbocycles. The van der Waals surface area contributed by atoms with Crippen LogP contribution in [0.5, 0.6) is 0 Å². The first-order valence-corrected chi connectivity index (χ1v) is 10.4. The van der Waals surface area contributed by atoms with Gasteiger partial charge in [0.2, 0.25) is 5.16 Å². The summed E-state index contributed by atoms with van der Waals surface area (Å²) in [6.07, 6.45) is 4.65. The number of hydrogen-bond donors (Lipinski definition) is 1. The lowest BCUT2D eigenvalue weighted by Crippen LogP contribution is -2.05. The van der Waals surface area contributed by atoms with Gasteiger partial charge in [0.1, 0.15) is 14.7 Å². The van der Waals surface area contributed by atoms with Crippen LogP contribution >= 0.6 is 23.1 Å². The predicted molar refractivity (Wildman–Crippen MR) is 84.6 cm³/mol. The van der Waals surface area contributed by atoms with E-state index in [9.17, 15) is 13.2 Å². The van der Waals surface area contributed by atoms with E-state index in [1.54, 1.807) is 4.68 Å². The molecule has 0 saturated carbocycles. The fourth-order valence-electron chi connectivity index (χ4n) is 1.69. The van der Waals surface area contributed by atoms with Crippen molar-refractivity contribution >= 4 is 38.9 Å². The summed E-state index contributed by atoms with van der Waals surface area (Å²) in [6.45, 7) is 0.566. The highest BCUT2D eigenvalue weighted by molar-refractivity contribution is 8.00. The molecule has 0 bridgehead atoms. The third kappa shape index (κ3) is 5.88. The molecule has 12 heteroatoms. The molecule has 0 aromatic carbocycles. The molecular formula is C11H15N5O4S3. The van der Waals surface area contributed by atoms with Gasteiger partial charge in [-0.1, -0.05) is 6.42 Å². The van der Waals surface area contributed by atoms with Gasteiger partial charge in [0, 0.05) is 18.6 Å². The first-order valence-electron chi connectivity index (χ1n) is 6.66. The Kier molecular flexibility index (Phi) is 6.07. The lowest BCUT2D eigenvalue weighted by Gasteiger charge is -2.03. The van der Waals surface area contributed by atoms with Gasteiger partial charge in [-0.15, -0.1) is 16.4 Å². The fraction of sp³-hybridized carbons (Fsp3) is 0.545. The molecule has 0 spiro atoms. The van der Waals surface area contributed by atoms with Crippen molar-refractivity contribution in [2.24, 2.45) is 0 Å². The molecule has 2 aromatic heterocycles. The predicted octanol–water partition coefficient (Wildman–Crippen LogP) is 1.19. The number of aromatic nitrogens is 5. The van der Waals surface area contributed by atoms with Crippen molar-refractivity contribution in [1.29, 1.82) is 0 Å². The molecule has 23 heavy (non-hydrogen) atoms. The summed E-state index contributed by atoms with van der Waals surface area (Å²) >= 11 is 2.26. The van der Waals surface area contributed by atoms with Crippen LogP contribution in [0.3, 0.4) is 0 Å². The molecule has 0 unspecified atom stereocenters. The van der Waals surface area contributed by atoms with E-state index in [0.717, 1.165) is 24.2 Å². The average molecular weight is 377 g/mol. The second kappa shape index (κ2) is 7.84. The summed E-state index contributed by atoms with van der Waals surface area (Å²) in [5, 5.41) is 20.8. The fourth-order valence-corrected chi connectivity index (χ4v) is 4.14. The average Bonchev–Trinajstić information content (AvgIpc) is 3.07. The summed E-state index contributed by atoms with van der Waals surface area (Å²) in [5.74, 6) is -0.832. The zero-order valence-electron chi connectivity index (χ0n) is 12.2. The molecular weight excluding hydrogens is 362 g/mol. The van der Waals surface area contributed by atoms with Gasteiger partial charge in [0.25, 0.3) is 0 Å². The van der Waals surface area contributed by atoms with Gasteiger partial charge in [-0.3, -0.25) is 0 Å². The van der Waals surface area contributed by atoms with E-state index in [4.69, 9.17) is 5.11 Å². The molecule has 126 valence electrons. The molecule has 2 aromatic rings. The van der Waals surface area contributed by atoms with Crippen LogP contribution in [-0.2, 0) is 16.4 Å². The molecule has 0 aliphatic rings. The van der Waals surface area contributed by atoms with Crippen molar-refractivity contribution in [3.63, 3.8) is 0 Å². The number of thiazole rings is 1. The van der Waals surface area contributed by atoms with E-state index in [2.05, 4.69) is 20.5 Å². The van der Waals surface area contributed by atoms with Crippen molar-refractivity contribution in [3.05, 3.63) is 11.1 Å². The first-order chi connectivity index (χ1) is 10.8. The summed E-state index contributed by atoms with van der Waals surface area (Å²) in [4.78, 5) is 15.0. The maximum atomic E-state index is 11.0. The van der Waals surface area contributed by atoms with Crippen LogP contribution < -0.4 is 0 Å². The van der Waals surface area contributed by atoms with E-state index >= 15 is 0 Å². The molecule has 2 heterocycles. The third-order valence-corrected chi connectivity index (χ3v) is 5.82. The van der Waals surface area contributed by atoms with Gasteiger partial charge in [0.15, 0.2) is 4.34 Å². The summed E-state index contributed by atoms with van der Waals surface area (Å²) in [7, 11) is -2.92. The van der Waals surface area contributed by atoms with E-state index in [1.807, 2.05) is 0 Å². The standard InChI is InChI=1S/C11H15N5O4S3/c1-23(19,20)6-4-2-3-5-16-10(13-14-15-16)22-11-12-7-8(21-11)9(17)18/h7H,2-6H2,1H3,(H,17,18). The molecule has 0 radical (unpaired) electrons. The number of carboxylic acid groups (broad SMARTS) is 1. The maximum Gasteiger partial charge on any atom is 0.347 e. The Bertz CT molecular complexity index is 770. The SMILES string of the molecule is CS(=O)(=O)CCCCCn1nnnc1Sc1ncc(C(=O)O)s1. The summed E-state index contributed by atoms with van der Waals surface area (Å²) < 4.78 is 24.2. The minimum atomic E-state index is -2.92. The van der Waals surface area contributed by atoms with Gasteiger partial charge in [0.05, 0.1) is 6.20 Å². The smallest absolute Gasteiger partial charge is 0.347 e. The number of aromatic carboxylic acids is 1. The Morgan fingerprint density at radius 1 is 1.39 bits per heavy atom. The highest BCUT2D eigenvalue weighted by atomic mass is 32.2. The Balaban J connectivity index is 1.85. The normalized spacial score (nSPS) is 11.7. The van der Waals surface area contributed by atoms with Gasteiger partial charge < -0.3 is 5.11 Å². The molecule has 2 rings (SSSR count). The zero-order valence-corrected chi connectivity index (χ0v) is 14.7. The van der Waals surface area contributed by atoms with Crippen LogP contribution in [0.4, 0.5) is 0 Å². The minimum absolute atomic E-state index is 0.160. The van der Waals surface area contributed by atoms with Gasteiger partial charge in [-0.2, -0.15) is 0 Å². The molecule has 0 saturated heterocycles. The number of nitrogens with zero attached hydrogens (tertiary/aromatic N) is 5. The molecule has 0 fully saturated rings. The second-order valence-corrected chi connectivity index (χ2v) is 9.28. The van der Waals surface area contributed by atoms with Crippen LogP contribution in [0.2, 0.25) is 0 Å². The number of rotatable bonds is 9. The van der Waals surface area contributed by atoms with Crippen LogP contribution in [0.1, 0.15) is 28.9 Å². The van der Waals surface area contributed by atoms with Gasteiger partial charge in [-0.05, 0) is 35.0 Å².